The number of hydrogen-bond donors (Lipinski definition) is 2. The summed E-state index contributed by atoms with van der Waals surface area (Å²) in [6.45, 7) is 4.17. The number of amides is 3. The third-order valence-electron chi connectivity index (χ3n) is 6.28. The standard InChI is InChI=1S/C23H24N4O3/c1-14-11-24-18-4-2-3-5-19(18)26(14)12-15-6-7-16-13-27(23(30)17(16)10-15)20-8-9-21(28)25-22(20)29/h2-7,10,14,20,24H,8-9,11-13H2,1H3,(H,25,28,29). The number of carbonyl (C=O) groups is 3. The molecule has 0 bridgehead atoms. The topological polar surface area (TPSA) is 81.8 Å². The minimum Gasteiger partial charge on any atom is -0.381 e. The van der Waals surface area contributed by atoms with Crippen molar-refractivity contribution in [1.29, 1.82) is 0 Å². The molecule has 3 aliphatic heterocycles. The molecule has 3 amide bonds. The summed E-state index contributed by atoms with van der Waals surface area (Å²) in [6, 6.07) is 14.0. The van der Waals surface area contributed by atoms with Crippen LogP contribution in [0.25, 0.3) is 0 Å². The van der Waals surface area contributed by atoms with Crippen molar-refractivity contribution in [1.82, 2.24) is 10.2 Å². The molecule has 1 fully saturated rings. The number of imide groups is 1. The molecule has 30 heavy (non-hydrogen) atoms. The second kappa shape index (κ2) is 7.16. The molecule has 0 spiro atoms. The lowest BCUT2D eigenvalue weighted by molar-refractivity contribution is -0.136. The second-order valence-corrected chi connectivity index (χ2v) is 8.27. The van der Waals surface area contributed by atoms with Gasteiger partial charge >= 0.3 is 0 Å². The van der Waals surface area contributed by atoms with Gasteiger partial charge in [0, 0.05) is 37.7 Å². The van der Waals surface area contributed by atoms with Gasteiger partial charge in [-0.2, -0.15) is 0 Å². The lowest BCUT2D eigenvalue weighted by atomic mass is 10.0. The van der Waals surface area contributed by atoms with E-state index < -0.39 is 6.04 Å². The number of piperidine rings is 1. The van der Waals surface area contributed by atoms with Crippen LogP contribution in [-0.4, -0.2) is 41.2 Å². The first kappa shape index (κ1) is 18.7. The predicted octanol–water partition coefficient (Wildman–Crippen LogP) is 2.27. The van der Waals surface area contributed by atoms with E-state index in [1.807, 2.05) is 24.3 Å². The molecule has 2 atom stereocenters. The van der Waals surface area contributed by atoms with E-state index in [2.05, 4.69) is 40.7 Å². The minimum atomic E-state index is -0.578. The number of hydrogen-bond acceptors (Lipinski definition) is 5. The summed E-state index contributed by atoms with van der Waals surface area (Å²) in [5, 5.41) is 5.81. The maximum absolute atomic E-state index is 13.1. The molecule has 7 nitrogen and oxygen atoms in total. The summed E-state index contributed by atoms with van der Waals surface area (Å²) < 4.78 is 0. The van der Waals surface area contributed by atoms with Gasteiger partial charge in [0.05, 0.1) is 11.4 Å². The number of anilines is 2. The smallest absolute Gasteiger partial charge is 0.255 e. The van der Waals surface area contributed by atoms with Crippen molar-refractivity contribution < 1.29 is 14.4 Å². The Hall–Kier alpha value is -3.35. The Kier molecular flexibility index (Phi) is 4.46. The fraction of sp³-hybridized carbons (Fsp3) is 0.348. The molecule has 5 rings (SSSR count). The third kappa shape index (κ3) is 3.10. The third-order valence-corrected chi connectivity index (χ3v) is 6.28. The Balaban J connectivity index is 1.38. The monoisotopic (exact) mass is 404 g/mol. The Morgan fingerprint density at radius 1 is 1.10 bits per heavy atom. The van der Waals surface area contributed by atoms with Gasteiger partial charge in [-0.3, -0.25) is 19.7 Å². The van der Waals surface area contributed by atoms with Crippen LogP contribution in [0.15, 0.2) is 42.5 Å². The average molecular weight is 404 g/mol. The van der Waals surface area contributed by atoms with Crippen molar-refractivity contribution in [3.05, 3.63) is 59.2 Å². The van der Waals surface area contributed by atoms with Crippen LogP contribution >= 0.6 is 0 Å². The molecule has 2 unspecified atom stereocenters. The zero-order valence-corrected chi connectivity index (χ0v) is 16.9. The largest absolute Gasteiger partial charge is 0.381 e. The summed E-state index contributed by atoms with van der Waals surface area (Å²) in [6.07, 6.45) is 0.647. The van der Waals surface area contributed by atoms with Crippen LogP contribution < -0.4 is 15.5 Å². The lowest BCUT2D eigenvalue weighted by Crippen LogP contribution is -2.52. The summed E-state index contributed by atoms with van der Waals surface area (Å²) in [5.74, 6) is -0.776. The molecular weight excluding hydrogens is 380 g/mol. The van der Waals surface area contributed by atoms with Crippen molar-refractivity contribution in [2.24, 2.45) is 0 Å². The number of benzene rings is 2. The molecule has 2 aromatic rings. The number of nitrogens with zero attached hydrogens (tertiary/aromatic N) is 2. The Bertz CT molecular complexity index is 1050. The Morgan fingerprint density at radius 3 is 2.77 bits per heavy atom. The van der Waals surface area contributed by atoms with Crippen molar-refractivity contribution in [3.63, 3.8) is 0 Å². The van der Waals surface area contributed by atoms with Gasteiger partial charge < -0.3 is 15.1 Å². The van der Waals surface area contributed by atoms with Crippen LogP contribution in [0.1, 0.15) is 41.3 Å². The fourth-order valence-corrected chi connectivity index (χ4v) is 4.62. The van der Waals surface area contributed by atoms with Gasteiger partial charge in [0.2, 0.25) is 11.8 Å². The molecule has 2 N–H and O–H groups in total. The van der Waals surface area contributed by atoms with Crippen molar-refractivity contribution in [2.45, 2.75) is 44.9 Å². The van der Waals surface area contributed by atoms with Gasteiger partial charge in [0.15, 0.2) is 0 Å². The SMILES string of the molecule is CC1CNc2ccccc2N1Cc1ccc2c(c1)C(=O)N(C1CCC(=O)NC1=O)C2. The maximum atomic E-state index is 13.1. The number of carbonyl (C=O) groups excluding carboxylic acids is 3. The zero-order chi connectivity index (χ0) is 20.8. The highest BCUT2D eigenvalue weighted by Crippen LogP contribution is 2.33. The summed E-state index contributed by atoms with van der Waals surface area (Å²) in [7, 11) is 0. The first-order valence-electron chi connectivity index (χ1n) is 10.4. The molecule has 0 aliphatic carbocycles. The highest BCUT2D eigenvalue weighted by atomic mass is 16.2. The molecule has 3 heterocycles. The van der Waals surface area contributed by atoms with Crippen LogP contribution in [0.5, 0.6) is 0 Å². The van der Waals surface area contributed by atoms with Crippen LogP contribution in [0.4, 0.5) is 11.4 Å². The zero-order valence-electron chi connectivity index (χ0n) is 16.9. The van der Waals surface area contributed by atoms with Crippen molar-refractivity contribution >= 4 is 29.1 Å². The van der Waals surface area contributed by atoms with Crippen LogP contribution in [0, 0.1) is 0 Å². The Morgan fingerprint density at radius 2 is 1.93 bits per heavy atom. The highest BCUT2D eigenvalue weighted by molar-refractivity contribution is 6.05. The van der Waals surface area contributed by atoms with E-state index in [4.69, 9.17) is 0 Å². The highest BCUT2D eigenvalue weighted by Gasteiger charge is 2.39. The molecule has 1 saturated heterocycles. The van der Waals surface area contributed by atoms with E-state index >= 15 is 0 Å². The van der Waals surface area contributed by atoms with Crippen molar-refractivity contribution in [2.75, 3.05) is 16.8 Å². The summed E-state index contributed by atoms with van der Waals surface area (Å²) >= 11 is 0. The number of rotatable bonds is 3. The number of nitrogens with one attached hydrogen (secondary N) is 2. The van der Waals surface area contributed by atoms with E-state index in [1.165, 1.54) is 0 Å². The molecule has 154 valence electrons. The lowest BCUT2D eigenvalue weighted by Gasteiger charge is -2.37. The van der Waals surface area contributed by atoms with Crippen LogP contribution in [-0.2, 0) is 22.7 Å². The van der Waals surface area contributed by atoms with Gasteiger partial charge in [0.1, 0.15) is 6.04 Å². The molecular formula is C23H24N4O3. The molecule has 0 radical (unpaired) electrons. The summed E-state index contributed by atoms with van der Waals surface area (Å²) in [4.78, 5) is 40.7. The second-order valence-electron chi connectivity index (χ2n) is 8.27. The van der Waals surface area contributed by atoms with E-state index in [1.54, 1.807) is 4.90 Å². The normalized spacial score (nSPS) is 23.0. The van der Waals surface area contributed by atoms with Gasteiger partial charge in [-0.05, 0) is 42.7 Å². The van der Waals surface area contributed by atoms with Gasteiger partial charge in [0.25, 0.3) is 5.91 Å². The predicted molar refractivity (Wildman–Crippen MR) is 113 cm³/mol. The first-order valence-corrected chi connectivity index (χ1v) is 10.4. The molecule has 2 aromatic carbocycles. The number of para-hydroxylation sites is 2. The van der Waals surface area contributed by atoms with E-state index in [9.17, 15) is 14.4 Å². The quantitative estimate of drug-likeness (QED) is 0.767. The minimum absolute atomic E-state index is 0.130. The van der Waals surface area contributed by atoms with Gasteiger partial charge in [-0.15, -0.1) is 0 Å². The van der Waals surface area contributed by atoms with Gasteiger partial charge in [-0.25, -0.2) is 0 Å². The van der Waals surface area contributed by atoms with E-state index in [-0.39, 0.29) is 24.1 Å². The first-order chi connectivity index (χ1) is 14.5. The van der Waals surface area contributed by atoms with Crippen LogP contribution in [0.2, 0.25) is 0 Å². The molecule has 3 aliphatic rings. The van der Waals surface area contributed by atoms with Crippen LogP contribution in [0.3, 0.4) is 0 Å². The Labute approximate surface area is 175 Å². The average Bonchev–Trinajstić information content (AvgIpc) is 3.06. The van der Waals surface area contributed by atoms with E-state index in [0.717, 1.165) is 29.0 Å². The fourth-order valence-electron chi connectivity index (χ4n) is 4.62. The van der Waals surface area contributed by atoms with E-state index in [0.29, 0.717) is 31.1 Å². The van der Waals surface area contributed by atoms with Crippen molar-refractivity contribution in [3.8, 4) is 0 Å². The number of fused-ring (bicyclic) bond motifs is 2. The molecule has 0 saturated carbocycles. The van der Waals surface area contributed by atoms with Gasteiger partial charge in [-0.1, -0.05) is 24.3 Å². The summed E-state index contributed by atoms with van der Waals surface area (Å²) in [5.41, 5.74) is 4.94. The molecule has 7 heteroatoms. The maximum Gasteiger partial charge on any atom is 0.255 e. The molecule has 0 aromatic heterocycles.